The molecule has 2 aromatic rings. The summed E-state index contributed by atoms with van der Waals surface area (Å²) in [5.74, 6) is 1.80. The monoisotopic (exact) mass is 360 g/mol. The Morgan fingerprint density at radius 2 is 1.68 bits per heavy atom. The third-order valence-electron chi connectivity index (χ3n) is 4.20. The molecule has 0 unspecified atom stereocenters. The maximum Gasteiger partial charge on any atom is 0.203 e. The Morgan fingerprint density at radius 1 is 1.00 bits per heavy atom. The molecule has 0 aromatic heterocycles. The van der Waals surface area contributed by atoms with E-state index in [2.05, 4.69) is 6.92 Å². The van der Waals surface area contributed by atoms with Crippen LogP contribution in [0.4, 0.5) is 0 Å². The van der Waals surface area contributed by atoms with Crippen LogP contribution in [0.5, 0.6) is 17.2 Å². The van der Waals surface area contributed by atoms with Crippen molar-refractivity contribution in [2.24, 2.45) is 0 Å². The lowest BCUT2D eigenvalue weighted by atomic mass is 9.94. The fourth-order valence-electron chi connectivity index (χ4n) is 2.95. The van der Waals surface area contributed by atoms with Crippen LogP contribution in [0.25, 0.3) is 11.1 Å². The minimum Gasteiger partial charge on any atom is -0.493 e. The molecule has 0 aliphatic heterocycles. The van der Waals surface area contributed by atoms with Crippen molar-refractivity contribution in [1.29, 1.82) is 0 Å². The van der Waals surface area contributed by atoms with Gasteiger partial charge in [-0.3, -0.25) is 4.79 Å². The number of hydrogen-bond donors (Lipinski definition) is 0. The Morgan fingerprint density at radius 3 is 2.20 bits per heavy atom. The Labute approximate surface area is 153 Å². The summed E-state index contributed by atoms with van der Waals surface area (Å²) < 4.78 is 16.7. The molecular formula is C20H24O4S. The average Bonchev–Trinajstić information content (AvgIpc) is 2.76. The molecule has 134 valence electrons. The minimum absolute atomic E-state index is 0.0220. The van der Waals surface area contributed by atoms with Crippen LogP contribution in [0.15, 0.2) is 34.0 Å². The molecule has 2 rings (SSSR count). The molecule has 0 N–H and O–H groups in total. The highest BCUT2D eigenvalue weighted by Gasteiger charge is 2.22. The smallest absolute Gasteiger partial charge is 0.203 e. The van der Waals surface area contributed by atoms with Crippen molar-refractivity contribution in [2.45, 2.75) is 25.2 Å². The molecule has 0 radical (unpaired) electrons. The molecule has 5 heteroatoms. The largest absolute Gasteiger partial charge is 0.493 e. The van der Waals surface area contributed by atoms with E-state index in [0.29, 0.717) is 22.1 Å². The van der Waals surface area contributed by atoms with Gasteiger partial charge in [-0.2, -0.15) is 0 Å². The van der Waals surface area contributed by atoms with E-state index in [9.17, 15) is 4.79 Å². The van der Waals surface area contributed by atoms with Gasteiger partial charge in [-0.05, 0) is 54.5 Å². The molecule has 0 saturated carbocycles. The summed E-state index contributed by atoms with van der Waals surface area (Å²) in [6.45, 7) is 4.02. The topological polar surface area (TPSA) is 44.8 Å². The first-order valence-corrected chi connectivity index (χ1v) is 9.25. The maximum atomic E-state index is 12.3. The van der Waals surface area contributed by atoms with Gasteiger partial charge >= 0.3 is 0 Å². The lowest BCUT2D eigenvalue weighted by Gasteiger charge is -2.20. The molecule has 0 fully saturated rings. The first kappa shape index (κ1) is 19.2. The van der Waals surface area contributed by atoms with Gasteiger partial charge in [0, 0.05) is 5.56 Å². The SMILES string of the molecule is CCc1cc(OC)c(OC)c(OC)c1-c1ccc(SC)c(=O)cc1C. The number of rotatable bonds is 6. The molecule has 2 aromatic carbocycles. The van der Waals surface area contributed by atoms with E-state index >= 15 is 0 Å². The molecule has 0 bridgehead atoms. The first-order valence-electron chi connectivity index (χ1n) is 8.03. The fourth-order valence-corrected chi connectivity index (χ4v) is 3.41. The second-order valence-electron chi connectivity index (χ2n) is 5.54. The van der Waals surface area contributed by atoms with Crippen LogP contribution < -0.4 is 19.6 Å². The molecular weight excluding hydrogens is 336 g/mol. The van der Waals surface area contributed by atoms with E-state index < -0.39 is 0 Å². The van der Waals surface area contributed by atoms with Crippen LogP contribution >= 0.6 is 11.8 Å². The van der Waals surface area contributed by atoms with Gasteiger partial charge in [-0.1, -0.05) is 13.0 Å². The molecule has 25 heavy (non-hydrogen) atoms. The van der Waals surface area contributed by atoms with Crippen molar-refractivity contribution >= 4 is 11.8 Å². The lowest BCUT2D eigenvalue weighted by molar-refractivity contribution is 0.324. The van der Waals surface area contributed by atoms with Gasteiger partial charge < -0.3 is 14.2 Å². The van der Waals surface area contributed by atoms with Crippen molar-refractivity contribution in [1.82, 2.24) is 0 Å². The number of aryl methyl sites for hydroxylation is 2. The van der Waals surface area contributed by atoms with Crippen molar-refractivity contribution in [3.63, 3.8) is 0 Å². The van der Waals surface area contributed by atoms with Gasteiger partial charge in [0.1, 0.15) is 0 Å². The van der Waals surface area contributed by atoms with Crippen molar-refractivity contribution < 1.29 is 14.2 Å². The maximum absolute atomic E-state index is 12.3. The molecule has 0 aliphatic carbocycles. The second-order valence-corrected chi connectivity index (χ2v) is 6.39. The minimum atomic E-state index is 0.0220. The van der Waals surface area contributed by atoms with Gasteiger partial charge in [0.25, 0.3) is 0 Å². The first-order chi connectivity index (χ1) is 12.0. The Hall–Kier alpha value is -2.14. The highest BCUT2D eigenvalue weighted by atomic mass is 32.2. The van der Waals surface area contributed by atoms with Gasteiger partial charge in [-0.25, -0.2) is 0 Å². The summed E-state index contributed by atoms with van der Waals surface area (Å²) in [5, 5.41) is 0. The molecule has 0 spiro atoms. The van der Waals surface area contributed by atoms with Crippen molar-refractivity contribution in [3.05, 3.63) is 45.6 Å². The quantitative estimate of drug-likeness (QED) is 0.717. The highest BCUT2D eigenvalue weighted by molar-refractivity contribution is 7.98. The van der Waals surface area contributed by atoms with E-state index in [1.807, 2.05) is 31.4 Å². The predicted octanol–water partition coefficient (Wildman–Crippen LogP) is 4.33. The number of hydrogen-bond acceptors (Lipinski definition) is 5. The summed E-state index contributed by atoms with van der Waals surface area (Å²) in [6, 6.07) is 7.49. The summed E-state index contributed by atoms with van der Waals surface area (Å²) in [5.41, 5.74) is 3.87. The number of benzene rings is 1. The van der Waals surface area contributed by atoms with E-state index in [1.54, 1.807) is 27.4 Å². The van der Waals surface area contributed by atoms with Gasteiger partial charge in [0.15, 0.2) is 16.9 Å². The second kappa shape index (κ2) is 8.30. The molecule has 0 aliphatic rings. The zero-order valence-corrected chi connectivity index (χ0v) is 16.4. The Kier molecular flexibility index (Phi) is 6.37. The van der Waals surface area contributed by atoms with Crippen LogP contribution in [-0.4, -0.2) is 27.6 Å². The predicted molar refractivity (Wildman–Crippen MR) is 104 cm³/mol. The van der Waals surface area contributed by atoms with E-state index in [1.165, 1.54) is 11.8 Å². The summed E-state index contributed by atoms with van der Waals surface area (Å²) in [6.07, 6.45) is 2.70. The van der Waals surface area contributed by atoms with Crippen molar-refractivity contribution in [2.75, 3.05) is 27.6 Å². The van der Waals surface area contributed by atoms with Gasteiger partial charge in [0.05, 0.1) is 26.2 Å². The highest BCUT2D eigenvalue weighted by Crippen LogP contribution is 2.47. The van der Waals surface area contributed by atoms with E-state index in [4.69, 9.17) is 14.2 Å². The zero-order chi connectivity index (χ0) is 18.6. The fraction of sp³-hybridized carbons (Fsp3) is 0.350. The number of thioether (sulfide) groups is 1. The Balaban J connectivity index is 2.92. The molecule has 0 saturated heterocycles. The van der Waals surface area contributed by atoms with E-state index in [0.717, 1.165) is 28.7 Å². The Bertz CT molecular complexity index is 831. The zero-order valence-electron chi connectivity index (χ0n) is 15.6. The van der Waals surface area contributed by atoms with Crippen LogP contribution in [0.3, 0.4) is 0 Å². The summed E-state index contributed by atoms with van der Waals surface area (Å²) >= 11 is 1.45. The molecule has 0 heterocycles. The molecule has 0 atom stereocenters. The molecule has 4 nitrogen and oxygen atoms in total. The van der Waals surface area contributed by atoms with Crippen LogP contribution in [0.2, 0.25) is 0 Å². The third-order valence-corrected chi connectivity index (χ3v) is 4.98. The lowest BCUT2D eigenvalue weighted by Crippen LogP contribution is -2.01. The van der Waals surface area contributed by atoms with E-state index in [-0.39, 0.29) is 5.43 Å². The summed E-state index contributed by atoms with van der Waals surface area (Å²) in [4.78, 5) is 13.0. The van der Waals surface area contributed by atoms with Gasteiger partial charge in [0.2, 0.25) is 5.75 Å². The van der Waals surface area contributed by atoms with Gasteiger partial charge in [-0.15, -0.1) is 11.8 Å². The number of ether oxygens (including phenoxy) is 3. The van der Waals surface area contributed by atoms with Crippen LogP contribution in [-0.2, 0) is 6.42 Å². The molecule has 0 amide bonds. The number of methoxy groups -OCH3 is 3. The van der Waals surface area contributed by atoms with Crippen LogP contribution in [0, 0.1) is 6.92 Å². The average molecular weight is 360 g/mol. The van der Waals surface area contributed by atoms with Crippen molar-refractivity contribution in [3.8, 4) is 28.4 Å². The normalized spacial score (nSPS) is 10.5. The standard InChI is InChI=1S/C20H24O4S/c1-7-13-11-16(22-3)19(23-4)20(24-5)18(13)14-8-9-17(25-6)15(21)10-12(14)2/h8-11H,7H2,1-6H3. The third kappa shape index (κ3) is 3.61. The summed E-state index contributed by atoms with van der Waals surface area (Å²) in [7, 11) is 4.82. The van der Waals surface area contributed by atoms with Crippen LogP contribution in [0.1, 0.15) is 18.1 Å².